The number of allylic oxidation sites excluding steroid dienone is 1. The monoisotopic (exact) mass is 197 g/mol. The van der Waals surface area contributed by atoms with E-state index in [4.69, 9.17) is 4.74 Å². The molecule has 1 aliphatic heterocycles. The van der Waals surface area contributed by atoms with E-state index in [-0.39, 0.29) is 0 Å². The second-order valence-corrected chi connectivity index (χ2v) is 3.96. The molecule has 1 aliphatic rings. The lowest BCUT2D eigenvalue weighted by molar-refractivity contribution is 0.0116. The predicted molar refractivity (Wildman–Crippen MR) is 60.5 cm³/mol. The number of hydrogen-bond donors (Lipinski definition) is 1. The fourth-order valence-electron chi connectivity index (χ4n) is 1.79. The van der Waals surface area contributed by atoms with E-state index in [9.17, 15) is 0 Å². The first-order chi connectivity index (χ1) is 6.93. The fraction of sp³-hybridized carbons (Fsp3) is 0.833. The van der Waals surface area contributed by atoms with Crippen molar-refractivity contribution >= 4 is 0 Å². The Labute approximate surface area is 87.7 Å². The highest BCUT2D eigenvalue weighted by Gasteiger charge is 2.12. The Bertz CT molecular complexity index is 141. The van der Waals surface area contributed by atoms with Crippen LogP contribution in [0.3, 0.4) is 0 Å². The highest BCUT2D eigenvalue weighted by molar-refractivity contribution is 4.68. The van der Waals surface area contributed by atoms with Gasteiger partial charge in [0.05, 0.1) is 6.10 Å². The maximum absolute atomic E-state index is 5.65. The van der Waals surface area contributed by atoms with Gasteiger partial charge in [-0.25, -0.2) is 0 Å². The van der Waals surface area contributed by atoms with Crippen LogP contribution in [0.15, 0.2) is 12.7 Å². The summed E-state index contributed by atoms with van der Waals surface area (Å²) in [5.74, 6) is 0. The molecule has 82 valence electrons. The van der Waals surface area contributed by atoms with Crippen LogP contribution in [-0.4, -0.2) is 25.8 Å². The van der Waals surface area contributed by atoms with E-state index in [0.717, 1.165) is 26.1 Å². The van der Waals surface area contributed by atoms with Crippen LogP contribution in [0.25, 0.3) is 0 Å². The summed E-state index contributed by atoms with van der Waals surface area (Å²) >= 11 is 0. The minimum Gasteiger partial charge on any atom is -0.378 e. The van der Waals surface area contributed by atoms with Gasteiger partial charge in [-0.2, -0.15) is 0 Å². The van der Waals surface area contributed by atoms with Gasteiger partial charge in [-0.3, -0.25) is 0 Å². The molecule has 0 saturated carbocycles. The van der Waals surface area contributed by atoms with Crippen LogP contribution in [0.1, 0.15) is 38.5 Å². The average molecular weight is 197 g/mol. The lowest BCUT2D eigenvalue weighted by atomic mass is 10.1. The third-order valence-corrected chi connectivity index (χ3v) is 2.68. The minimum atomic E-state index is 0.524. The highest BCUT2D eigenvalue weighted by atomic mass is 16.5. The van der Waals surface area contributed by atoms with E-state index in [1.165, 1.54) is 32.1 Å². The Morgan fingerprint density at radius 1 is 1.36 bits per heavy atom. The van der Waals surface area contributed by atoms with Gasteiger partial charge >= 0.3 is 0 Å². The summed E-state index contributed by atoms with van der Waals surface area (Å²) in [6.45, 7) is 6.89. The van der Waals surface area contributed by atoms with Crippen LogP contribution in [0.4, 0.5) is 0 Å². The molecule has 1 rings (SSSR count). The second-order valence-electron chi connectivity index (χ2n) is 3.96. The van der Waals surface area contributed by atoms with Crippen molar-refractivity contribution in [3.8, 4) is 0 Å². The first-order valence-corrected chi connectivity index (χ1v) is 5.86. The Morgan fingerprint density at radius 2 is 2.29 bits per heavy atom. The second kappa shape index (κ2) is 8.01. The average Bonchev–Trinajstić information content (AvgIpc) is 2.25. The SMILES string of the molecule is C=CCCCNCCC1CCCCO1. The van der Waals surface area contributed by atoms with Gasteiger partial charge in [0, 0.05) is 6.61 Å². The lowest BCUT2D eigenvalue weighted by Gasteiger charge is -2.22. The molecule has 1 heterocycles. The molecule has 0 spiro atoms. The van der Waals surface area contributed by atoms with Gasteiger partial charge in [0.15, 0.2) is 0 Å². The first kappa shape index (κ1) is 11.7. The summed E-state index contributed by atoms with van der Waals surface area (Å²) in [5.41, 5.74) is 0. The highest BCUT2D eigenvalue weighted by Crippen LogP contribution is 2.14. The van der Waals surface area contributed by atoms with Gasteiger partial charge in [0.2, 0.25) is 0 Å². The zero-order valence-corrected chi connectivity index (χ0v) is 9.13. The summed E-state index contributed by atoms with van der Waals surface area (Å²) in [7, 11) is 0. The maximum Gasteiger partial charge on any atom is 0.0587 e. The molecule has 0 bridgehead atoms. The van der Waals surface area contributed by atoms with E-state index in [2.05, 4.69) is 11.9 Å². The third-order valence-electron chi connectivity index (χ3n) is 2.68. The van der Waals surface area contributed by atoms with Crippen molar-refractivity contribution < 1.29 is 4.74 Å². The van der Waals surface area contributed by atoms with Gasteiger partial charge in [-0.05, 0) is 51.6 Å². The Morgan fingerprint density at radius 3 is 3.00 bits per heavy atom. The lowest BCUT2D eigenvalue weighted by Crippen LogP contribution is -2.25. The molecule has 14 heavy (non-hydrogen) atoms. The van der Waals surface area contributed by atoms with E-state index in [0.29, 0.717) is 6.10 Å². The molecule has 0 amide bonds. The molecule has 2 heteroatoms. The summed E-state index contributed by atoms with van der Waals surface area (Å²) in [6.07, 6.45) is 9.86. The van der Waals surface area contributed by atoms with Crippen LogP contribution in [0.5, 0.6) is 0 Å². The third kappa shape index (κ3) is 5.40. The Kier molecular flexibility index (Phi) is 6.71. The van der Waals surface area contributed by atoms with E-state index in [1.54, 1.807) is 0 Å². The van der Waals surface area contributed by atoms with Crippen molar-refractivity contribution in [1.29, 1.82) is 0 Å². The van der Waals surface area contributed by atoms with Gasteiger partial charge in [-0.1, -0.05) is 6.08 Å². The molecule has 0 aromatic heterocycles. The zero-order valence-electron chi connectivity index (χ0n) is 9.13. The summed E-state index contributed by atoms with van der Waals surface area (Å²) < 4.78 is 5.65. The molecule has 1 unspecified atom stereocenters. The van der Waals surface area contributed by atoms with E-state index >= 15 is 0 Å². The van der Waals surface area contributed by atoms with Crippen molar-refractivity contribution in [2.75, 3.05) is 19.7 Å². The smallest absolute Gasteiger partial charge is 0.0587 e. The molecular formula is C12H23NO. The zero-order chi connectivity index (χ0) is 10.1. The van der Waals surface area contributed by atoms with Crippen LogP contribution in [0, 0.1) is 0 Å². The summed E-state index contributed by atoms with van der Waals surface area (Å²) in [5, 5.41) is 3.44. The number of unbranched alkanes of at least 4 members (excludes halogenated alkanes) is 1. The van der Waals surface area contributed by atoms with Crippen molar-refractivity contribution in [1.82, 2.24) is 5.32 Å². The number of ether oxygens (including phenoxy) is 1. The van der Waals surface area contributed by atoms with Crippen molar-refractivity contribution in [2.45, 2.75) is 44.6 Å². The van der Waals surface area contributed by atoms with Crippen molar-refractivity contribution in [3.05, 3.63) is 12.7 Å². The Balaban J connectivity index is 1.85. The number of nitrogens with one attached hydrogen (secondary N) is 1. The molecule has 1 N–H and O–H groups in total. The van der Waals surface area contributed by atoms with E-state index < -0.39 is 0 Å². The molecule has 1 saturated heterocycles. The van der Waals surface area contributed by atoms with Gasteiger partial charge in [0.25, 0.3) is 0 Å². The standard InChI is InChI=1S/C12H23NO/c1-2-3-5-9-13-10-8-12-7-4-6-11-14-12/h2,12-13H,1,3-11H2. The molecule has 0 aromatic rings. The summed E-state index contributed by atoms with van der Waals surface area (Å²) in [6, 6.07) is 0. The molecular weight excluding hydrogens is 174 g/mol. The van der Waals surface area contributed by atoms with Crippen LogP contribution >= 0.6 is 0 Å². The normalized spacial score (nSPS) is 22.1. The topological polar surface area (TPSA) is 21.3 Å². The quantitative estimate of drug-likeness (QED) is 0.500. The molecule has 2 nitrogen and oxygen atoms in total. The van der Waals surface area contributed by atoms with Crippen LogP contribution in [-0.2, 0) is 4.74 Å². The molecule has 0 aliphatic carbocycles. The minimum absolute atomic E-state index is 0.524. The van der Waals surface area contributed by atoms with Gasteiger partial charge in [-0.15, -0.1) is 6.58 Å². The molecule has 1 fully saturated rings. The Hall–Kier alpha value is -0.340. The molecule has 0 aromatic carbocycles. The number of hydrogen-bond acceptors (Lipinski definition) is 2. The van der Waals surface area contributed by atoms with E-state index in [1.807, 2.05) is 6.08 Å². The molecule has 0 radical (unpaired) electrons. The van der Waals surface area contributed by atoms with Gasteiger partial charge in [0.1, 0.15) is 0 Å². The predicted octanol–water partition coefficient (Wildman–Crippen LogP) is 2.50. The van der Waals surface area contributed by atoms with Crippen molar-refractivity contribution in [2.24, 2.45) is 0 Å². The van der Waals surface area contributed by atoms with Gasteiger partial charge < -0.3 is 10.1 Å². The van der Waals surface area contributed by atoms with Crippen LogP contribution in [0.2, 0.25) is 0 Å². The largest absolute Gasteiger partial charge is 0.378 e. The molecule has 1 atom stereocenters. The van der Waals surface area contributed by atoms with Crippen LogP contribution < -0.4 is 5.32 Å². The fourth-order valence-corrected chi connectivity index (χ4v) is 1.79. The first-order valence-electron chi connectivity index (χ1n) is 5.86. The maximum atomic E-state index is 5.65. The summed E-state index contributed by atoms with van der Waals surface area (Å²) in [4.78, 5) is 0. The number of rotatable bonds is 7. The van der Waals surface area contributed by atoms with Crippen molar-refractivity contribution in [3.63, 3.8) is 0 Å².